The maximum Gasteiger partial charge on any atom is 0.151 e. The minimum atomic E-state index is -0.327. The monoisotopic (exact) mass is 242 g/mol. The average molecular weight is 242 g/mol. The Hall–Kier alpha value is -2.30. The molecule has 0 saturated heterocycles. The number of benzene rings is 1. The third kappa shape index (κ3) is 1.64. The van der Waals surface area contributed by atoms with Crippen LogP contribution in [0.5, 0.6) is 0 Å². The molecule has 0 aliphatic rings. The zero-order chi connectivity index (χ0) is 12.7. The quantitative estimate of drug-likeness (QED) is 0.713. The Bertz CT molecular complexity index is 733. The summed E-state index contributed by atoms with van der Waals surface area (Å²) in [5.74, 6) is 0.289. The standard InChI is InChI=1S/C13H11FN4/c1-7-6-9(8(2)18-17-7)13-15-11-5-3-4-10(14)12(11)16-13/h3-6H,1-2H3,(H,15,16). The van der Waals surface area contributed by atoms with E-state index >= 15 is 0 Å². The summed E-state index contributed by atoms with van der Waals surface area (Å²) in [6, 6.07) is 6.74. The van der Waals surface area contributed by atoms with E-state index < -0.39 is 0 Å². The van der Waals surface area contributed by atoms with Crippen LogP contribution in [0.3, 0.4) is 0 Å². The molecule has 0 spiro atoms. The molecular formula is C13H11FN4. The normalized spacial score (nSPS) is 11.1. The maximum atomic E-state index is 13.6. The van der Waals surface area contributed by atoms with E-state index in [0.29, 0.717) is 16.9 Å². The molecule has 0 fully saturated rings. The molecule has 0 atom stereocenters. The van der Waals surface area contributed by atoms with Gasteiger partial charge in [-0.15, -0.1) is 0 Å². The lowest BCUT2D eigenvalue weighted by atomic mass is 10.2. The van der Waals surface area contributed by atoms with Gasteiger partial charge >= 0.3 is 0 Å². The van der Waals surface area contributed by atoms with Crippen LogP contribution in [0.2, 0.25) is 0 Å². The number of imidazole rings is 1. The van der Waals surface area contributed by atoms with Crippen molar-refractivity contribution < 1.29 is 4.39 Å². The van der Waals surface area contributed by atoms with Crippen molar-refractivity contribution in [1.82, 2.24) is 20.2 Å². The first-order valence-electron chi connectivity index (χ1n) is 5.60. The minimum Gasteiger partial charge on any atom is -0.338 e. The zero-order valence-corrected chi connectivity index (χ0v) is 10.0. The Morgan fingerprint density at radius 3 is 2.78 bits per heavy atom. The van der Waals surface area contributed by atoms with E-state index in [-0.39, 0.29) is 5.82 Å². The Balaban J connectivity index is 2.26. The molecule has 18 heavy (non-hydrogen) atoms. The van der Waals surface area contributed by atoms with Crippen LogP contribution in [0.25, 0.3) is 22.4 Å². The molecule has 4 nitrogen and oxygen atoms in total. The van der Waals surface area contributed by atoms with E-state index in [0.717, 1.165) is 17.0 Å². The number of hydrogen-bond donors (Lipinski definition) is 1. The van der Waals surface area contributed by atoms with Gasteiger partial charge in [0.25, 0.3) is 0 Å². The van der Waals surface area contributed by atoms with E-state index in [4.69, 9.17) is 0 Å². The van der Waals surface area contributed by atoms with Crippen molar-refractivity contribution in [2.75, 3.05) is 0 Å². The SMILES string of the molecule is Cc1cc(-c2nc3c(F)cccc3[nH]2)c(C)nn1. The van der Waals surface area contributed by atoms with Crippen LogP contribution in [0.15, 0.2) is 24.3 Å². The molecule has 0 amide bonds. The predicted octanol–water partition coefficient (Wildman–Crippen LogP) is 2.78. The smallest absolute Gasteiger partial charge is 0.151 e. The number of nitrogens with zero attached hydrogens (tertiary/aromatic N) is 3. The van der Waals surface area contributed by atoms with Gasteiger partial charge in [-0.05, 0) is 32.0 Å². The van der Waals surface area contributed by atoms with Gasteiger partial charge in [-0.25, -0.2) is 9.37 Å². The first-order chi connectivity index (χ1) is 8.65. The summed E-state index contributed by atoms with van der Waals surface area (Å²) in [6.45, 7) is 3.71. The number of halogens is 1. The highest BCUT2D eigenvalue weighted by Crippen LogP contribution is 2.23. The van der Waals surface area contributed by atoms with Crippen molar-refractivity contribution in [3.05, 3.63) is 41.5 Å². The molecule has 5 heteroatoms. The number of hydrogen-bond acceptors (Lipinski definition) is 3. The number of H-pyrrole nitrogens is 1. The van der Waals surface area contributed by atoms with Crippen molar-refractivity contribution in [3.63, 3.8) is 0 Å². The first-order valence-corrected chi connectivity index (χ1v) is 5.60. The zero-order valence-electron chi connectivity index (χ0n) is 10.0. The number of fused-ring (bicyclic) bond motifs is 1. The molecule has 3 aromatic rings. The van der Waals surface area contributed by atoms with Crippen LogP contribution >= 0.6 is 0 Å². The molecule has 0 bridgehead atoms. The fraction of sp³-hybridized carbons (Fsp3) is 0.154. The molecule has 3 rings (SSSR count). The third-order valence-corrected chi connectivity index (χ3v) is 2.82. The van der Waals surface area contributed by atoms with Gasteiger partial charge < -0.3 is 4.98 Å². The van der Waals surface area contributed by atoms with Gasteiger partial charge in [0, 0.05) is 5.56 Å². The van der Waals surface area contributed by atoms with Gasteiger partial charge in [0.1, 0.15) is 11.3 Å². The van der Waals surface area contributed by atoms with Crippen molar-refractivity contribution in [3.8, 4) is 11.4 Å². The fourth-order valence-electron chi connectivity index (χ4n) is 1.91. The van der Waals surface area contributed by atoms with Gasteiger partial charge in [0.2, 0.25) is 0 Å². The maximum absolute atomic E-state index is 13.6. The van der Waals surface area contributed by atoms with Crippen LogP contribution in [-0.2, 0) is 0 Å². The Morgan fingerprint density at radius 1 is 1.17 bits per heavy atom. The van der Waals surface area contributed by atoms with Gasteiger partial charge in [-0.1, -0.05) is 6.07 Å². The number of aromatic amines is 1. The largest absolute Gasteiger partial charge is 0.338 e. The molecule has 2 aromatic heterocycles. The second kappa shape index (κ2) is 3.87. The van der Waals surface area contributed by atoms with Gasteiger partial charge in [-0.2, -0.15) is 10.2 Å². The summed E-state index contributed by atoms with van der Waals surface area (Å²) < 4.78 is 13.6. The number of aryl methyl sites for hydroxylation is 2. The molecule has 1 aromatic carbocycles. The molecule has 2 heterocycles. The highest BCUT2D eigenvalue weighted by Gasteiger charge is 2.11. The Morgan fingerprint density at radius 2 is 2.00 bits per heavy atom. The Labute approximate surface area is 103 Å². The number of rotatable bonds is 1. The van der Waals surface area contributed by atoms with Crippen LogP contribution in [-0.4, -0.2) is 20.2 Å². The third-order valence-electron chi connectivity index (χ3n) is 2.82. The van der Waals surface area contributed by atoms with Crippen molar-refractivity contribution in [1.29, 1.82) is 0 Å². The Kier molecular flexibility index (Phi) is 2.33. The molecule has 0 aliphatic heterocycles. The molecule has 90 valence electrons. The topological polar surface area (TPSA) is 54.5 Å². The average Bonchev–Trinajstić information content (AvgIpc) is 2.77. The molecule has 0 unspecified atom stereocenters. The summed E-state index contributed by atoms with van der Waals surface area (Å²) in [4.78, 5) is 7.39. The molecule has 0 radical (unpaired) electrons. The van der Waals surface area contributed by atoms with E-state index in [9.17, 15) is 4.39 Å². The first kappa shape index (κ1) is 10.8. The summed E-state index contributed by atoms with van der Waals surface area (Å²) in [6.07, 6.45) is 0. The lowest BCUT2D eigenvalue weighted by Gasteiger charge is -2.01. The van der Waals surface area contributed by atoms with Crippen LogP contribution in [0.4, 0.5) is 4.39 Å². The van der Waals surface area contributed by atoms with Gasteiger partial charge in [-0.3, -0.25) is 0 Å². The second-order valence-corrected chi connectivity index (χ2v) is 4.21. The summed E-state index contributed by atoms with van der Waals surface area (Å²) in [5, 5.41) is 8.01. The van der Waals surface area contributed by atoms with E-state index in [2.05, 4.69) is 20.2 Å². The predicted molar refractivity (Wildman–Crippen MR) is 66.6 cm³/mol. The molecule has 0 saturated carbocycles. The highest BCUT2D eigenvalue weighted by molar-refractivity contribution is 5.80. The second-order valence-electron chi connectivity index (χ2n) is 4.21. The molecule has 0 aliphatic carbocycles. The van der Waals surface area contributed by atoms with Crippen LogP contribution in [0.1, 0.15) is 11.4 Å². The minimum absolute atomic E-state index is 0.327. The van der Waals surface area contributed by atoms with Crippen LogP contribution in [0, 0.1) is 19.7 Å². The fourth-order valence-corrected chi connectivity index (χ4v) is 1.91. The van der Waals surface area contributed by atoms with Crippen molar-refractivity contribution in [2.24, 2.45) is 0 Å². The lowest BCUT2D eigenvalue weighted by molar-refractivity contribution is 0.637. The van der Waals surface area contributed by atoms with Crippen molar-refractivity contribution in [2.45, 2.75) is 13.8 Å². The highest BCUT2D eigenvalue weighted by atomic mass is 19.1. The number of para-hydroxylation sites is 1. The summed E-state index contributed by atoms with van der Waals surface area (Å²) in [7, 11) is 0. The summed E-state index contributed by atoms with van der Waals surface area (Å²) >= 11 is 0. The van der Waals surface area contributed by atoms with Crippen LogP contribution < -0.4 is 0 Å². The van der Waals surface area contributed by atoms with Gasteiger partial charge in [0.05, 0.1) is 16.9 Å². The van der Waals surface area contributed by atoms with E-state index in [1.54, 1.807) is 12.1 Å². The van der Waals surface area contributed by atoms with Gasteiger partial charge in [0.15, 0.2) is 5.82 Å². The number of aromatic nitrogens is 4. The molecular weight excluding hydrogens is 231 g/mol. The van der Waals surface area contributed by atoms with E-state index in [1.807, 2.05) is 19.9 Å². The van der Waals surface area contributed by atoms with Crippen molar-refractivity contribution >= 4 is 11.0 Å². The van der Waals surface area contributed by atoms with E-state index in [1.165, 1.54) is 6.07 Å². The summed E-state index contributed by atoms with van der Waals surface area (Å²) in [5.41, 5.74) is 3.44. The molecule has 1 N–H and O–H groups in total. The lowest BCUT2D eigenvalue weighted by Crippen LogP contribution is -1.94. The number of nitrogens with one attached hydrogen (secondary N) is 1.